The van der Waals surface area contributed by atoms with E-state index in [1.165, 1.54) is 17.4 Å². The summed E-state index contributed by atoms with van der Waals surface area (Å²) in [6.45, 7) is 3.35. The molecule has 1 aromatic heterocycles. The van der Waals surface area contributed by atoms with Gasteiger partial charge in [0.05, 0.1) is 4.88 Å². The van der Waals surface area contributed by atoms with Crippen LogP contribution in [0.4, 0.5) is 4.39 Å². The highest BCUT2D eigenvalue weighted by Gasteiger charge is 2.26. The maximum Gasteiger partial charge on any atom is 0.264 e. The average molecular weight is 343 g/mol. The van der Waals surface area contributed by atoms with E-state index in [-0.39, 0.29) is 24.1 Å². The molecule has 1 atom stereocenters. The van der Waals surface area contributed by atoms with Crippen molar-refractivity contribution in [2.75, 3.05) is 20.1 Å². The van der Waals surface area contributed by atoms with Crippen molar-refractivity contribution in [2.24, 2.45) is 0 Å². The van der Waals surface area contributed by atoms with Gasteiger partial charge in [-0.2, -0.15) is 0 Å². The first kappa shape index (κ1) is 17.2. The van der Waals surface area contributed by atoms with Crippen LogP contribution >= 0.6 is 23.7 Å². The van der Waals surface area contributed by atoms with Gasteiger partial charge >= 0.3 is 0 Å². The molecule has 2 heterocycles. The summed E-state index contributed by atoms with van der Waals surface area (Å²) < 4.78 is 14.8. The number of nitrogens with zero attached hydrogens (tertiary/aromatic N) is 1. The van der Waals surface area contributed by atoms with Crippen molar-refractivity contribution in [1.29, 1.82) is 0 Å². The van der Waals surface area contributed by atoms with E-state index in [9.17, 15) is 9.18 Å². The number of carbonyl (C=O) groups excluding carboxylic acids is 1. The number of rotatable bonds is 2. The van der Waals surface area contributed by atoms with Crippen LogP contribution in [0.1, 0.15) is 28.1 Å². The number of fused-ring (bicyclic) bond motifs is 1. The minimum absolute atomic E-state index is 0. The molecular weight excluding hydrogens is 323 g/mol. The maximum absolute atomic E-state index is 14.0. The highest BCUT2D eigenvalue weighted by atomic mass is 35.5. The average Bonchev–Trinajstić information content (AvgIpc) is 2.85. The lowest BCUT2D eigenvalue weighted by Crippen LogP contribution is -2.46. The van der Waals surface area contributed by atoms with E-state index >= 15 is 0 Å². The number of aryl methyl sites for hydroxylation is 1. The normalized spacial score (nSPS) is 18.3. The van der Waals surface area contributed by atoms with Crippen LogP contribution in [0.15, 0.2) is 18.2 Å². The highest BCUT2D eigenvalue weighted by Crippen LogP contribution is 2.33. The highest BCUT2D eigenvalue weighted by molar-refractivity contribution is 7.21. The first-order chi connectivity index (χ1) is 10.1. The van der Waals surface area contributed by atoms with Crippen molar-refractivity contribution >= 4 is 39.7 Å². The second-order valence-electron chi connectivity index (χ2n) is 5.55. The Bertz CT molecular complexity index is 688. The molecule has 1 aliphatic heterocycles. The van der Waals surface area contributed by atoms with Crippen molar-refractivity contribution in [3.8, 4) is 0 Å². The minimum atomic E-state index is -0.243. The Hall–Kier alpha value is -1.17. The van der Waals surface area contributed by atoms with E-state index in [1.807, 2.05) is 24.9 Å². The molecule has 3 nitrogen and oxygen atoms in total. The Kier molecular flexibility index (Phi) is 5.42. The van der Waals surface area contributed by atoms with Crippen LogP contribution in [0.25, 0.3) is 10.1 Å². The number of amides is 1. The molecule has 1 aliphatic rings. The molecule has 3 rings (SSSR count). The molecule has 6 heteroatoms. The third-order valence-corrected chi connectivity index (χ3v) is 5.46. The van der Waals surface area contributed by atoms with E-state index in [2.05, 4.69) is 5.32 Å². The largest absolute Gasteiger partial charge is 0.336 e. The van der Waals surface area contributed by atoms with Crippen molar-refractivity contribution in [3.05, 3.63) is 34.5 Å². The van der Waals surface area contributed by atoms with Crippen LogP contribution in [0.5, 0.6) is 0 Å². The van der Waals surface area contributed by atoms with Gasteiger partial charge in [0.1, 0.15) is 5.82 Å². The first-order valence-electron chi connectivity index (χ1n) is 7.26. The van der Waals surface area contributed by atoms with Crippen LogP contribution in [-0.2, 0) is 0 Å². The molecule has 1 aromatic carbocycles. The molecule has 1 fully saturated rings. The number of halogens is 2. The van der Waals surface area contributed by atoms with Crippen LogP contribution in [0.2, 0.25) is 0 Å². The summed E-state index contributed by atoms with van der Waals surface area (Å²) in [6, 6.07) is 5.38. The van der Waals surface area contributed by atoms with Gasteiger partial charge in [-0.1, -0.05) is 6.07 Å². The summed E-state index contributed by atoms with van der Waals surface area (Å²) in [4.78, 5) is 15.3. The van der Waals surface area contributed by atoms with Gasteiger partial charge in [0.15, 0.2) is 0 Å². The van der Waals surface area contributed by atoms with Crippen molar-refractivity contribution in [1.82, 2.24) is 10.2 Å². The summed E-state index contributed by atoms with van der Waals surface area (Å²) in [5, 5.41) is 3.83. The molecule has 1 N–H and O–H groups in total. The molecule has 0 radical (unpaired) electrons. The zero-order valence-corrected chi connectivity index (χ0v) is 14.3. The van der Waals surface area contributed by atoms with Gasteiger partial charge in [0.25, 0.3) is 5.91 Å². The van der Waals surface area contributed by atoms with Gasteiger partial charge in [0.2, 0.25) is 0 Å². The molecule has 0 saturated carbocycles. The van der Waals surface area contributed by atoms with Crippen molar-refractivity contribution in [3.63, 3.8) is 0 Å². The minimum Gasteiger partial charge on any atom is -0.336 e. The SMILES string of the molecule is CNC1CCCN(C(=O)c2sc3cccc(F)c3c2C)C1.Cl. The number of hydrogen-bond acceptors (Lipinski definition) is 3. The molecule has 1 amide bonds. The van der Waals surface area contributed by atoms with Gasteiger partial charge in [-0.15, -0.1) is 23.7 Å². The number of likely N-dealkylation sites (tertiary alicyclic amines) is 1. The first-order valence-corrected chi connectivity index (χ1v) is 8.07. The second kappa shape index (κ2) is 6.94. The Morgan fingerprint density at radius 3 is 2.91 bits per heavy atom. The van der Waals surface area contributed by atoms with Gasteiger partial charge in [-0.25, -0.2) is 4.39 Å². The number of likely N-dealkylation sites (N-methyl/N-ethyl adjacent to an activating group) is 1. The molecule has 1 unspecified atom stereocenters. The summed E-state index contributed by atoms with van der Waals surface area (Å²) >= 11 is 1.40. The molecule has 0 spiro atoms. The predicted molar refractivity (Wildman–Crippen MR) is 91.8 cm³/mol. The molecule has 0 bridgehead atoms. The van der Waals surface area contributed by atoms with E-state index in [4.69, 9.17) is 0 Å². The Morgan fingerprint density at radius 2 is 2.23 bits per heavy atom. The van der Waals surface area contributed by atoms with E-state index in [0.717, 1.165) is 36.2 Å². The lowest BCUT2D eigenvalue weighted by atomic mass is 10.1. The van der Waals surface area contributed by atoms with Gasteiger partial charge in [0, 0.05) is 29.2 Å². The van der Waals surface area contributed by atoms with Crippen molar-refractivity contribution < 1.29 is 9.18 Å². The molecule has 1 saturated heterocycles. The van der Waals surface area contributed by atoms with E-state index in [0.29, 0.717) is 16.3 Å². The van der Waals surface area contributed by atoms with Crippen molar-refractivity contribution in [2.45, 2.75) is 25.8 Å². The topological polar surface area (TPSA) is 32.3 Å². The standard InChI is InChI=1S/C16H19FN2OS.ClH/c1-10-14-12(17)6-3-7-13(14)21-15(10)16(20)19-8-4-5-11(9-19)18-2;/h3,6-7,11,18H,4-5,8-9H2,1-2H3;1H. The van der Waals surface area contributed by atoms with E-state index in [1.54, 1.807) is 6.07 Å². The molecule has 2 aromatic rings. The zero-order valence-electron chi connectivity index (χ0n) is 12.7. The maximum atomic E-state index is 14.0. The third kappa shape index (κ3) is 2.98. The fourth-order valence-corrected chi connectivity index (χ4v) is 4.19. The van der Waals surface area contributed by atoms with Crippen LogP contribution in [0, 0.1) is 12.7 Å². The smallest absolute Gasteiger partial charge is 0.264 e. The lowest BCUT2D eigenvalue weighted by Gasteiger charge is -2.32. The fourth-order valence-electron chi connectivity index (χ4n) is 3.00. The summed E-state index contributed by atoms with van der Waals surface area (Å²) in [5.41, 5.74) is 0.768. The molecule has 120 valence electrons. The monoisotopic (exact) mass is 342 g/mol. The quantitative estimate of drug-likeness (QED) is 0.904. The predicted octanol–water partition coefficient (Wildman–Crippen LogP) is 3.59. The Morgan fingerprint density at radius 1 is 1.45 bits per heavy atom. The summed E-state index contributed by atoms with van der Waals surface area (Å²) in [6.07, 6.45) is 2.11. The zero-order chi connectivity index (χ0) is 15.0. The summed E-state index contributed by atoms with van der Waals surface area (Å²) in [5.74, 6) is -0.208. The van der Waals surface area contributed by atoms with Gasteiger partial charge in [-0.05, 0) is 44.5 Å². The number of piperidine rings is 1. The molecule has 22 heavy (non-hydrogen) atoms. The van der Waals surface area contributed by atoms with Gasteiger partial charge in [-0.3, -0.25) is 4.79 Å². The van der Waals surface area contributed by atoms with Crippen LogP contribution in [0.3, 0.4) is 0 Å². The van der Waals surface area contributed by atoms with E-state index < -0.39 is 0 Å². The molecule has 0 aliphatic carbocycles. The summed E-state index contributed by atoms with van der Waals surface area (Å²) in [7, 11) is 1.93. The second-order valence-corrected chi connectivity index (χ2v) is 6.60. The number of nitrogens with one attached hydrogen (secondary N) is 1. The lowest BCUT2D eigenvalue weighted by molar-refractivity contribution is 0.0702. The van der Waals surface area contributed by atoms with Crippen LogP contribution < -0.4 is 5.32 Å². The fraction of sp³-hybridized carbons (Fsp3) is 0.438. The number of benzene rings is 1. The number of hydrogen-bond donors (Lipinski definition) is 1. The number of carbonyl (C=O) groups is 1. The van der Waals surface area contributed by atoms with Gasteiger partial charge < -0.3 is 10.2 Å². The van der Waals surface area contributed by atoms with Crippen LogP contribution in [-0.4, -0.2) is 37.0 Å². The third-order valence-electron chi connectivity index (χ3n) is 4.21. The molecular formula is C16H20ClFN2OS. The number of thiophene rings is 1. The Labute approximate surface area is 139 Å². The Balaban J connectivity index is 0.00000176.